The van der Waals surface area contributed by atoms with E-state index in [1.54, 1.807) is 0 Å². The minimum atomic E-state index is -3.59. The molecule has 1 aliphatic heterocycles. The molecule has 1 heterocycles. The van der Waals surface area contributed by atoms with Gasteiger partial charge in [0.05, 0.1) is 18.3 Å². The normalized spacial score (nSPS) is 31.0. The van der Waals surface area contributed by atoms with Crippen molar-refractivity contribution < 1.29 is 17.9 Å². The number of ether oxygens (including phenoxy) is 1. The molecule has 2 N–H and O–H groups in total. The van der Waals surface area contributed by atoms with Crippen LogP contribution in [-0.2, 0) is 19.6 Å². The maximum Gasteiger partial charge on any atom is 0.310 e. The van der Waals surface area contributed by atoms with Gasteiger partial charge >= 0.3 is 5.97 Å². The minimum absolute atomic E-state index is 0.0175. The molecule has 1 aromatic carbocycles. The summed E-state index contributed by atoms with van der Waals surface area (Å²) in [5.74, 6) is -1.01. The summed E-state index contributed by atoms with van der Waals surface area (Å²) in [5, 5.41) is -0.699. The van der Waals surface area contributed by atoms with Crippen molar-refractivity contribution in [3.05, 3.63) is 35.9 Å². The smallest absolute Gasteiger partial charge is 0.310 e. The van der Waals surface area contributed by atoms with Crippen molar-refractivity contribution in [2.24, 2.45) is 11.7 Å². The largest absolute Gasteiger partial charge is 0.469 e. The van der Waals surface area contributed by atoms with Gasteiger partial charge in [0.2, 0.25) is 10.0 Å². The summed E-state index contributed by atoms with van der Waals surface area (Å²) < 4.78 is 32.7. The maximum atomic E-state index is 13.2. The zero-order valence-corrected chi connectivity index (χ0v) is 15.3. The van der Waals surface area contributed by atoms with Crippen molar-refractivity contribution in [3.63, 3.8) is 0 Å². The molecular formula is C18H26N2O4S. The number of hydrogen-bond acceptors (Lipinski definition) is 5. The lowest BCUT2D eigenvalue weighted by molar-refractivity contribution is -0.146. The number of benzene rings is 1. The molecule has 2 unspecified atom stereocenters. The summed E-state index contributed by atoms with van der Waals surface area (Å²) in [4.78, 5) is 12.1. The number of sulfonamides is 1. The van der Waals surface area contributed by atoms with E-state index in [1.807, 2.05) is 30.3 Å². The molecule has 25 heavy (non-hydrogen) atoms. The van der Waals surface area contributed by atoms with E-state index in [9.17, 15) is 13.2 Å². The summed E-state index contributed by atoms with van der Waals surface area (Å²) in [6, 6.07) is 9.54. The topological polar surface area (TPSA) is 89.7 Å². The fourth-order valence-corrected chi connectivity index (χ4v) is 6.38. The zero-order valence-electron chi connectivity index (χ0n) is 14.5. The van der Waals surface area contributed by atoms with Crippen molar-refractivity contribution in [1.29, 1.82) is 0 Å². The van der Waals surface area contributed by atoms with Crippen LogP contribution in [0.1, 0.15) is 37.2 Å². The third-order valence-corrected chi connectivity index (χ3v) is 7.86. The minimum Gasteiger partial charge on any atom is -0.469 e. The maximum absolute atomic E-state index is 13.2. The van der Waals surface area contributed by atoms with E-state index in [0.717, 1.165) is 18.4 Å². The van der Waals surface area contributed by atoms with Crippen LogP contribution in [0.25, 0.3) is 0 Å². The van der Waals surface area contributed by atoms with Crippen LogP contribution in [0.3, 0.4) is 0 Å². The molecule has 0 bridgehead atoms. The number of carbonyl (C=O) groups is 1. The highest BCUT2D eigenvalue weighted by atomic mass is 32.2. The second-order valence-corrected chi connectivity index (χ2v) is 9.15. The first kappa shape index (κ1) is 18.4. The molecule has 138 valence electrons. The van der Waals surface area contributed by atoms with Gasteiger partial charge in [0.1, 0.15) is 0 Å². The Morgan fingerprint density at radius 3 is 2.52 bits per heavy atom. The predicted molar refractivity (Wildman–Crippen MR) is 95.4 cm³/mol. The van der Waals surface area contributed by atoms with Gasteiger partial charge in [-0.25, -0.2) is 8.42 Å². The molecule has 1 saturated carbocycles. The molecule has 4 atom stereocenters. The number of nitrogens with two attached hydrogens (primary N) is 1. The molecule has 3 rings (SSSR count). The van der Waals surface area contributed by atoms with E-state index in [4.69, 9.17) is 10.5 Å². The Bertz CT molecular complexity index is 707. The van der Waals surface area contributed by atoms with E-state index in [1.165, 1.54) is 11.4 Å². The molecule has 1 aliphatic carbocycles. The van der Waals surface area contributed by atoms with Crippen molar-refractivity contribution in [2.75, 3.05) is 20.2 Å². The van der Waals surface area contributed by atoms with Crippen LogP contribution in [0.4, 0.5) is 0 Å². The Balaban J connectivity index is 1.81. The molecule has 0 amide bonds. The number of carbonyl (C=O) groups excluding carboxylic acids is 1. The van der Waals surface area contributed by atoms with Crippen LogP contribution in [-0.4, -0.2) is 50.2 Å². The summed E-state index contributed by atoms with van der Waals surface area (Å²) in [6.07, 6.45) is 2.75. The van der Waals surface area contributed by atoms with Gasteiger partial charge < -0.3 is 10.5 Å². The average Bonchev–Trinajstić information content (AvgIpc) is 3.04. The number of hydrogen-bond donors (Lipinski definition) is 1. The third kappa shape index (κ3) is 3.59. The zero-order chi connectivity index (χ0) is 18.0. The fraction of sp³-hybridized carbons (Fsp3) is 0.611. The number of methoxy groups -OCH3 is 1. The molecule has 1 saturated heterocycles. The Morgan fingerprint density at radius 1 is 1.16 bits per heavy atom. The van der Waals surface area contributed by atoms with E-state index >= 15 is 0 Å². The second-order valence-electron chi connectivity index (χ2n) is 7.00. The number of esters is 1. The summed E-state index contributed by atoms with van der Waals surface area (Å²) in [7, 11) is -2.27. The van der Waals surface area contributed by atoms with E-state index in [-0.39, 0.29) is 12.0 Å². The molecule has 0 radical (unpaired) electrons. The van der Waals surface area contributed by atoms with Crippen molar-refractivity contribution in [1.82, 2.24) is 4.31 Å². The Morgan fingerprint density at radius 2 is 1.84 bits per heavy atom. The fourth-order valence-electron chi connectivity index (χ4n) is 4.12. The van der Waals surface area contributed by atoms with Gasteiger partial charge in [-0.05, 0) is 18.4 Å². The van der Waals surface area contributed by atoms with E-state index in [2.05, 4.69) is 0 Å². The van der Waals surface area contributed by atoms with Gasteiger partial charge in [-0.3, -0.25) is 4.79 Å². The van der Waals surface area contributed by atoms with Crippen molar-refractivity contribution in [2.45, 2.75) is 42.9 Å². The average molecular weight is 366 g/mol. The van der Waals surface area contributed by atoms with Crippen LogP contribution < -0.4 is 5.73 Å². The molecule has 0 spiro atoms. The molecular weight excluding hydrogens is 340 g/mol. The number of nitrogens with zero attached hydrogens (tertiary/aromatic N) is 1. The van der Waals surface area contributed by atoms with Gasteiger partial charge in [-0.15, -0.1) is 0 Å². The first-order valence-electron chi connectivity index (χ1n) is 8.82. The first-order chi connectivity index (χ1) is 11.9. The van der Waals surface area contributed by atoms with Gasteiger partial charge in [0.15, 0.2) is 0 Å². The van der Waals surface area contributed by atoms with E-state index in [0.29, 0.717) is 25.9 Å². The van der Waals surface area contributed by atoms with Crippen LogP contribution in [0.5, 0.6) is 0 Å². The Hall–Kier alpha value is -1.44. The van der Waals surface area contributed by atoms with Crippen LogP contribution in [0.15, 0.2) is 30.3 Å². The first-order valence-corrected chi connectivity index (χ1v) is 10.3. The number of rotatable bonds is 4. The van der Waals surface area contributed by atoms with Crippen molar-refractivity contribution in [3.8, 4) is 0 Å². The highest BCUT2D eigenvalue weighted by Gasteiger charge is 2.46. The van der Waals surface area contributed by atoms with Crippen LogP contribution in [0.2, 0.25) is 0 Å². The van der Waals surface area contributed by atoms with Gasteiger partial charge in [0.25, 0.3) is 0 Å². The summed E-state index contributed by atoms with van der Waals surface area (Å²) >= 11 is 0. The molecule has 7 heteroatoms. The standard InChI is InChI=1S/C18H26N2O4S/c1-24-18(21)14-9-5-6-10-17(14)25(22,23)20-11-15(16(19)12-20)13-7-3-2-4-8-13/h2-4,7-8,14-17H,5-6,9-12,19H2,1H3/t14?,15-,16+,17?/m0/s1. The highest BCUT2D eigenvalue weighted by molar-refractivity contribution is 7.89. The van der Waals surface area contributed by atoms with Crippen molar-refractivity contribution >= 4 is 16.0 Å². The summed E-state index contributed by atoms with van der Waals surface area (Å²) in [6.45, 7) is 0.671. The Kier molecular flexibility index (Phi) is 5.46. The van der Waals surface area contributed by atoms with Gasteiger partial charge in [0, 0.05) is 25.0 Å². The van der Waals surface area contributed by atoms with Gasteiger partial charge in [-0.1, -0.05) is 43.2 Å². The van der Waals surface area contributed by atoms with Gasteiger partial charge in [-0.2, -0.15) is 4.31 Å². The van der Waals surface area contributed by atoms with Crippen LogP contribution in [0, 0.1) is 5.92 Å². The highest BCUT2D eigenvalue weighted by Crippen LogP contribution is 2.36. The molecule has 0 aromatic heterocycles. The lowest BCUT2D eigenvalue weighted by atomic mass is 9.89. The lowest BCUT2D eigenvalue weighted by Gasteiger charge is -2.32. The quantitative estimate of drug-likeness (QED) is 0.815. The molecule has 2 aliphatic rings. The molecule has 1 aromatic rings. The Labute approximate surface area is 149 Å². The van der Waals surface area contributed by atoms with Crippen LogP contribution >= 0.6 is 0 Å². The molecule has 6 nitrogen and oxygen atoms in total. The SMILES string of the molecule is COC(=O)C1CCCCC1S(=O)(=O)N1C[C@@H](N)[C@H](c2ccccc2)C1. The van der Waals surface area contributed by atoms with E-state index < -0.39 is 27.2 Å². The lowest BCUT2D eigenvalue weighted by Crippen LogP contribution is -2.46. The third-order valence-electron chi connectivity index (χ3n) is 5.51. The summed E-state index contributed by atoms with van der Waals surface area (Å²) in [5.41, 5.74) is 7.31. The second kappa shape index (κ2) is 7.43. The molecule has 2 fully saturated rings. The predicted octanol–water partition coefficient (Wildman–Crippen LogP) is 1.47. The monoisotopic (exact) mass is 366 g/mol.